The van der Waals surface area contributed by atoms with Crippen LogP contribution in [0, 0.1) is 5.41 Å². The Morgan fingerprint density at radius 2 is 2.20 bits per heavy atom. The highest BCUT2D eigenvalue weighted by atomic mass is 32.2. The smallest absolute Gasteiger partial charge is 0.250 e. The molecule has 114 valence electrons. The first-order chi connectivity index (χ1) is 9.35. The molecule has 2 N–H and O–H groups in total. The average molecular weight is 316 g/mol. The van der Waals surface area contributed by atoms with Crippen LogP contribution in [0.5, 0.6) is 0 Å². The van der Waals surface area contributed by atoms with E-state index in [0.29, 0.717) is 4.21 Å². The van der Waals surface area contributed by atoms with Crippen molar-refractivity contribution < 1.29 is 8.42 Å². The van der Waals surface area contributed by atoms with Gasteiger partial charge in [0.15, 0.2) is 0 Å². The fraction of sp³-hybridized carbons (Fsp3) is 0.714. The summed E-state index contributed by atoms with van der Waals surface area (Å²) >= 11 is 1.30. The van der Waals surface area contributed by atoms with Gasteiger partial charge in [0.2, 0.25) is 10.0 Å². The largest absolute Gasteiger partial charge is 0.313 e. The molecule has 1 aromatic rings. The molecule has 1 heterocycles. The van der Waals surface area contributed by atoms with Crippen LogP contribution in [0.4, 0.5) is 0 Å². The van der Waals surface area contributed by atoms with Crippen molar-refractivity contribution in [1.82, 2.24) is 10.0 Å². The van der Waals surface area contributed by atoms with Gasteiger partial charge in [-0.05, 0) is 41.8 Å². The van der Waals surface area contributed by atoms with Crippen LogP contribution in [0.1, 0.15) is 45.6 Å². The molecule has 1 aliphatic rings. The van der Waals surface area contributed by atoms with Crippen molar-refractivity contribution in [3.05, 3.63) is 17.0 Å². The molecule has 0 aromatic carbocycles. The van der Waals surface area contributed by atoms with Gasteiger partial charge in [-0.25, -0.2) is 13.1 Å². The first-order valence-electron chi connectivity index (χ1n) is 7.15. The van der Waals surface area contributed by atoms with Gasteiger partial charge in [0.25, 0.3) is 0 Å². The van der Waals surface area contributed by atoms with Gasteiger partial charge in [0.05, 0.1) is 0 Å². The maximum absolute atomic E-state index is 12.4. The van der Waals surface area contributed by atoms with Gasteiger partial charge in [-0.1, -0.05) is 27.2 Å². The predicted octanol–water partition coefficient (Wildman–Crippen LogP) is 2.71. The van der Waals surface area contributed by atoms with E-state index in [4.69, 9.17) is 0 Å². The van der Waals surface area contributed by atoms with E-state index < -0.39 is 10.0 Å². The lowest BCUT2D eigenvalue weighted by Gasteiger charge is -2.27. The molecule has 1 fully saturated rings. The van der Waals surface area contributed by atoms with Crippen LogP contribution < -0.4 is 10.0 Å². The molecular formula is C14H24N2O2S2. The molecular weight excluding hydrogens is 292 g/mol. The molecule has 1 saturated carbocycles. The Morgan fingerprint density at radius 1 is 1.45 bits per heavy atom. The Bertz CT molecular complexity index is 549. The number of rotatable bonds is 6. The van der Waals surface area contributed by atoms with Crippen molar-refractivity contribution in [3.63, 3.8) is 0 Å². The molecule has 20 heavy (non-hydrogen) atoms. The highest BCUT2D eigenvalue weighted by Crippen LogP contribution is 2.38. The van der Waals surface area contributed by atoms with Crippen LogP contribution >= 0.6 is 11.3 Å². The summed E-state index contributed by atoms with van der Waals surface area (Å²) in [4.78, 5) is 0. The molecule has 0 amide bonds. The van der Waals surface area contributed by atoms with Crippen molar-refractivity contribution in [2.45, 2.75) is 56.8 Å². The Balaban J connectivity index is 2.08. The maximum Gasteiger partial charge on any atom is 0.250 e. The van der Waals surface area contributed by atoms with E-state index in [2.05, 4.69) is 23.9 Å². The lowest BCUT2D eigenvalue weighted by Crippen LogP contribution is -2.41. The second-order valence-electron chi connectivity index (χ2n) is 6.11. The Labute approximate surface area is 126 Å². The van der Waals surface area contributed by atoms with Crippen molar-refractivity contribution in [2.24, 2.45) is 5.41 Å². The summed E-state index contributed by atoms with van der Waals surface area (Å²) in [5.41, 5.74) is 1.08. The highest BCUT2D eigenvalue weighted by Gasteiger charge is 2.37. The molecule has 1 aromatic heterocycles. The highest BCUT2D eigenvalue weighted by molar-refractivity contribution is 7.91. The summed E-state index contributed by atoms with van der Waals surface area (Å²) in [6.07, 6.45) is 3.11. The van der Waals surface area contributed by atoms with Gasteiger partial charge in [-0.2, -0.15) is 0 Å². The minimum Gasteiger partial charge on any atom is -0.313 e. The Kier molecular flexibility index (Phi) is 4.89. The molecule has 1 atom stereocenters. The Hall–Kier alpha value is -0.430. The quantitative estimate of drug-likeness (QED) is 0.848. The molecule has 0 saturated heterocycles. The van der Waals surface area contributed by atoms with E-state index in [0.717, 1.165) is 37.9 Å². The summed E-state index contributed by atoms with van der Waals surface area (Å²) in [6, 6.07) is 1.82. The molecule has 0 aliphatic heterocycles. The molecule has 1 aliphatic carbocycles. The monoisotopic (exact) mass is 316 g/mol. The first kappa shape index (κ1) is 15.9. The third-order valence-corrected chi connectivity index (χ3v) is 6.99. The van der Waals surface area contributed by atoms with Crippen LogP contribution in [0.25, 0.3) is 0 Å². The number of nitrogens with one attached hydrogen (secondary N) is 2. The van der Waals surface area contributed by atoms with Crippen LogP contribution in [-0.4, -0.2) is 21.0 Å². The van der Waals surface area contributed by atoms with Gasteiger partial charge in [0, 0.05) is 12.6 Å². The molecule has 0 bridgehead atoms. The molecule has 2 rings (SSSR count). The van der Waals surface area contributed by atoms with Gasteiger partial charge in [-0.15, -0.1) is 11.3 Å². The fourth-order valence-electron chi connectivity index (χ4n) is 2.65. The third kappa shape index (κ3) is 3.61. The zero-order valence-corrected chi connectivity index (χ0v) is 14.0. The third-order valence-electron chi connectivity index (χ3n) is 4.03. The zero-order valence-electron chi connectivity index (χ0n) is 12.4. The fourth-order valence-corrected chi connectivity index (χ4v) is 5.31. The van der Waals surface area contributed by atoms with Crippen LogP contribution in [-0.2, 0) is 16.6 Å². The van der Waals surface area contributed by atoms with Gasteiger partial charge >= 0.3 is 0 Å². The lowest BCUT2D eigenvalue weighted by molar-refractivity contribution is 0.313. The molecule has 0 radical (unpaired) electrons. The van der Waals surface area contributed by atoms with Crippen molar-refractivity contribution in [3.8, 4) is 0 Å². The van der Waals surface area contributed by atoms with Gasteiger partial charge in [-0.3, -0.25) is 0 Å². The number of sulfonamides is 1. The van der Waals surface area contributed by atoms with E-state index >= 15 is 0 Å². The normalized spacial score (nSPS) is 22.2. The lowest BCUT2D eigenvalue weighted by atomic mass is 9.88. The number of hydrogen-bond donors (Lipinski definition) is 2. The van der Waals surface area contributed by atoms with Gasteiger partial charge < -0.3 is 5.32 Å². The molecule has 0 spiro atoms. The minimum absolute atomic E-state index is 0.0480. The summed E-state index contributed by atoms with van der Waals surface area (Å²) in [5.74, 6) is 0. The topological polar surface area (TPSA) is 58.2 Å². The van der Waals surface area contributed by atoms with E-state index in [9.17, 15) is 8.42 Å². The average Bonchev–Trinajstić information content (AvgIpc) is 2.95. The van der Waals surface area contributed by atoms with E-state index in [1.54, 1.807) is 6.07 Å². The molecule has 4 nitrogen and oxygen atoms in total. The van der Waals surface area contributed by atoms with Crippen molar-refractivity contribution in [2.75, 3.05) is 6.54 Å². The van der Waals surface area contributed by atoms with Crippen LogP contribution in [0.3, 0.4) is 0 Å². The van der Waals surface area contributed by atoms with Crippen LogP contribution in [0.15, 0.2) is 15.7 Å². The maximum atomic E-state index is 12.4. The SMILES string of the molecule is CCNCc1csc(S(=O)(=O)NC2CCCC2(C)C)c1. The van der Waals surface area contributed by atoms with E-state index in [-0.39, 0.29) is 11.5 Å². The summed E-state index contributed by atoms with van der Waals surface area (Å²) in [7, 11) is -3.38. The standard InChI is InChI=1S/C14H24N2O2S2/c1-4-15-9-11-8-13(19-10-11)20(17,18)16-12-6-5-7-14(12,2)3/h8,10,12,15-16H,4-7,9H2,1-3H3. The zero-order chi connectivity index (χ0) is 14.8. The second-order valence-corrected chi connectivity index (χ2v) is 8.96. The Morgan fingerprint density at radius 3 is 2.80 bits per heavy atom. The second kappa shape index (κ2) is 6.13. The summed E-state index contributed by atoms with van der Waals surface area (Å²) < 4.78 is 28.2. The molecule has 1 unspecified atom stereocenters. The van der Waals surface area contributed by atoms with Crippen molar-refractivity contribution in [1.29, 1.82) is 0 Å². The summed E-state index contributed by atoms with van der Waals surface area (Å²) in [6.45, 7) is 7.91. The minimum atomic E-state index is -3.38. The van der Waals surface area contributed by atoms with Crippen LogP contribution in [0.2, 0.25) is 0 Å². The first-order valence-corrected chi connectivity index (χ1v) is 9.52. The molecule has 6 heteroatoms. The number of hydrogen-bond acceptors (Lipinski definition) is 4. The predicted molar refractivity (Wildman–Crippen MR) is 83.4 cm³/mol. The van der Waals surface area contributed by atoms with E-state index in [1.165, 1.54) is 11.3 Å². The summed E-state index contributed by atoms with van der Waals surface area (Å²) in [5, 5.41) is 5.12. The number of thiophene rings is 1. The van der Waals surface area contributed by atoms with E-state index in [1.807, 2.05) is 12.3 Å². The van der Waals surface area contributed by atoms with Gasteiger partial charge in [0.1, 0.15) is 4.21 Å². The van der Waals surface area contributed by atoms with Crippen molar-refractivity contribution >= 4 is 21.4 Å².